The van der Waals surface area contributed by atoms with E-state index in [1.807, 2.05) is 12.1 Å². The van der Waals surface area contributed by atoms with Gasteiger partial charge >= 0.3 is 0 Å². The van der Waals surface area contributed by atoms with Crippen LogP contribution in [0.5, 0.6) is 0 Å². The minimum absolute atomic E-state index is 0.115. The van der Waals surface area contributed by atoms with Gasteiger partial charge in [-0.1, -0.05) is 5.16 Å². The monoisotopic (exact) mass is 264 g/mol. The molecule has 6 heteroatoms. The minimum Gasteiger partial charge on any atom is -0.338 e. The van der Waals surface area contributed by atoms with Gasteiger partial charge in [0.05, 0.1) is 6.07 Å². The van der Waals surface area contributed by atoms with E-state index < -0.39 is 0 Å². The zero-order valence-electron chi connectivity index (χ0n) is 7.51. The van der Waals surface area contributed by atoms with Gasteiger partial charge in [-0.2, -0.15) is 10.2 Å². The lowest BCUT2D eigenvalue weighted by Gasteiger charge is -1.92. The molecule has 0 atom stereocenters. The fourth-order valence-electron chi connectivity index (χ4n) is 1.01. The minimum atomic E-state index is 0.115. The molecule has 0 saturated carbocycles. The smallest absolute Gasteiger partial charge is 0.241 e. The molecular formula is C9H5BrN4O. The van der Waals surface area contributed by atoms with Crippen molar-refractivity contribution in [3.8, 4) is 17.6 Å². The molecule has 0 aliphatic rings. The highest BCUT2D eigenvalue weighted by atomic mass is 79.9. The van der Waals surface area contributed by atoms with E-state index in [9.17, 15) is 0 Å². The normalized spacial score (nSPS) is 9.87. The standard InChI is InChI=1S/C9H5BrN4O/c10-6-1-2-7(12-5-6)9-13-8(3-4-11)15-14-9/h1-2,5H,3H2. The van der Waals surface area contributed by atoms with Gasteiger partial charge in [-0.05, 0) is 28.1 Å². The second kappa shape index (κ2) is 4.19. The SMILES string of the molecule is N#CCc1nc(-c2ccc(Br)cn2)no1. The quantitative estimate of drug-likeness (QED) is 0.829. The maximum Gasteiger partial charge on any atom is 0.241 e. The van der Waals surface area contributed by atoms with Gasteiger partial charge in [0.2, 0.25) is 11.7 Å². The largest absolute Gasteiger partial charge is 0.338 e. The third-order valence-electron chi connectivity index (χ3n) is 1.65. The van der Waals surface area contributed by atoms with Gasteiger partial charge in [-0.25, -0.2) is 0 Å². The Labute approximate surface area is 93.9 Å². The highest BCUT2D eigenvalue weighted by molar-refractivity contribution is 9.10. The van der Waals surface area contributed by atoms with E-state index in [1.54, 1.807) is 12.3 Å². The summed E-state index contributed by atoms with van der Waals surface area (Å²) in [6.45, 7) is 0. The maximum atomic E-state index is 8.44. The molecule has 0 saturated heterocycles. The van der Waals surface area contributed by atoms with Crippen LogP contribution in [0.3, 0.4) is 0 Å². The number of nitriles is 1. The molecule has 0 radical (unpaired) electrons. The molecule has 0 unspecified atom stereocenters. The van der Waals surface area contributed by atoms with Gasteiger partial charge in [0.15, 0.2) is 0 Å². The molecule has 0 aromatic carbocycles. The zero-order chi connectivity index (χ0) is 10.7. The average Bonchev–Trinajstić information content (AvgIpc) is 2.68. The Hall–Kier alpha value is -1.74. The molecule has 15 heavy (non-hydrogen) atoms. The van der Waals surface area contributed by atoms with Gasteiger partial charge in [0, 0.05) is 10.7 Å². The van der Waals surface area contributed by atoms with Gasteiger partial charge in [-0.15, -0.1) is 0 Å². The highest BCUT2D eigenvalue weighted by Crippen LogP contribution is 2.15. The van der Waals surface area contributed by atoms with E-state index in [0.717, 1.165) is 4.47 Å². The van der Waals surface area contributed by atoms with Crippen molar-refractivity contribution >= 4 is 15.9 Å². The first kappa shape index (κ1) is 9.80. The van der Waals surface area contributed by atoms with Crippen LogP contribution in [0, 0.1) is 11.3 Å². The number of aromatic nitrogens is 3. The van der Waals surface area contributed by atoms with E-state index >= 15 is 0 Å². The van der Waals surface area contributed by atoms with E-state index in [-0.39, 0.29) is 6.42 Å². The van der Waals surface area contributed by atoms with Gasteiger partial charge in [0.25, 0.3) is 0 Å². The van der Waals surface area contributed by atoms with Crippen LogP contribution in [0.15, 0.2) is 27.3 Å². The highest BCUT2D eigenvalue weighted by Gasteiger charge is 2.08. The summed E-state index contributed by atoms with van der Waals surface area (Å²) < 4.78 is 5.74. The van der Waals surface area contributed by atoms with Crippen molar-refractivity contribution < 1.29 is 4.52 Å². The van der Waals surface area contributed by atoms with Gasteiger partial charge in [-0.3, -0.25) is 4.98 Å². The molecule has 0 amide bonds. The first-order chi connectivity index (χ1) is 7.29. The van der Waals surface area contributed by atoms with Crippen molar-refractivity contribution in [3.63, 3.8) is 0 Å². The van der Waals surface area contributed by atoms with E-state index in [0.29, 0.717) is 17.4 Å². The number of nitrogens with zero attached hydrogens (tertiary/aromatic N) is 4. The van der Waals surface area contributed by atoms with Crippen LogP contribution in [0.25, 0.3) is 11.5 Å². The first-order valence-electron chi connectivity index (χ1n) is 4.11. The summed E-state index contributed by atoms with van der Waals surface area (Å²) in [4.78, 5) is 8.13. The molecule has 0 spiro atoms. The predicted molar refractivity (Wildman–Crippen MR) is 54.5 cm³/mol. The molecule has 2 aromatic heterocycles. The van der Waals surface area contributed by atoms with Gasteiger partial charge in [0.1, 0.15) is 12.1 Å². The van der Waals surface area contributed by atoms with Crippen molar-refractivity contribution in [2.75, 3.05) is 0 Å². The number of halogens is 1. The van der Waals surface area contributed by atoms with Crippen LogP contribution < -0.4 is 0 Å². The van der Waals surface area contributed by atoms with Crippen LogP contribution in [0.1, 0.15) is 5.89 Å². The number of hydrogen-bond donors (Lipinski definition) is 0. The molecule has 2 aromatic rings. The first-order valence-corrected chi connectivity index (χ1v) is 4.90. The van der Waals surface area contributed by atoms with Crippen molar-refractivity contribution in [3.05, 3.63) is 28.7 Å². The summed E-state index contributed by atoms with van der Waals surface area (Å²) in [6.07, 6.45) is 1.76. The van der Waals surface area contributed by atoms with E-state index in [1.165, 1.54) is 0 Å². The van der Waals surface area contributed by atoms with Crippen LogP contribution in [0.2, 0.25) is 0 Å². The number of rotatable bonds is 2. The average molecular weight is 265 g/mol. The van der Waals surface area contributed by atoms with Crippen molar-refractivity contribution in [2.45, 2.75) is 6.42 Å². The van der Waals surface area contributed by atoms with Crippen LogP contribution in [0.4, 0.5) is 0 Å². The molecule has 0 aliphatic heterocycles. The van der Waals surface area contributed by atoms with Gasteiger partial charge < -0.3 is 4.52 Å². The Morgan fingerprint density at radius 2 is 2.33 bits per heavy atom. The Morgan fingerprint density at radius 3 is 3.00 bits per heavy atom. The van der Waals surface area contributed by atoms with Crippen molar-refractivity contribution in [1.29, 1.82) is 5.26 Å². The fourth-order valence-corrected chi connectivity index (χ4v) is 1.24. The summed E-state index contributed by atoms with van der Waals surface area (Å²) in [5.74, 6) is 0.699. The Balaban J connectivity index is 2.30. The number of hydrogen-bond acceptors (Lipinski definition) is 5. The summed E-state index contributed by atoms with van der Waals surface area (Å²) in [5, 5.41) is 12.2. The second-order valence-electron chi connectivity index (χ2n) is 2.71. The third-order valence-corrected chi connectivity index (χ3v) is 2.12. The Bertz CT molecular complexity index is 500. The molecule has 74 valence electrons. The molecule has 2 rings (SSSR count). The number of pyridine rings is 1. The summed E-state index contributed by atoms with van der Waals surface area (Å²) in [7, 11) is 0. The fraction of sp³-hybridized carbons (Fsp3) is 0.111. The van der Waals surface area contributed by atoms with Crippen LogP contribution in [-0.2, 0) is 6.42 Å². The van der Waals surface area contributed by atoms with Crippen LogP contribution in [-0.4, -0.2) is 15.1 Å². The summed E-state index contributed by atoms with van der Waals surface area (Å²) >= 11 is 3.28. The second-order valence-corrected chi connectivity index (χ2v) is 3.62. The Morgan fingerprint density at radius 1 is 1.47 bits per heavy atom. The summed E-state index contributed by atoms with van der Waals surface area (Å²) in [5.41, 5.74) is 0.617. The van der Waals surface area contributed by atoms with Crippen LogP contribution >= 0.6 is 15.9 Å². The zero-order valence-corrected chi connectivity index (χ0v) is 9.10. The molecular weight excluding hydrogens is 260 g/mol. The van der Waals surface area contributed by atoms with Crippen molar-refractivity contribution in [2.24, 2.45) is 0 Å². The lowest BCUT2D eigenvalue weighted by molar-refractivity contribution is 0.387. The maximum absolute atomic E-state index is 8.44. The summed E-state index contributed by atoms with van der Waals surface area (Å²) in [6, 6.07) is 5.54. The molecule has 5 nitrogen and oxygen atoms in total. The predicted octanol–water partition coefficient (Wildman–Crippen LogP) is 1.96. The molecule has 0 aliphatic carbocycles. The topological polar surface area (TPSA) is 75.6 Å². The lowest BCUT2D eigenvalue weighted by Crippen LogP contribution is -1.86. The molecule has 0 N–H and O–H groups in total. The molecule has 0 fully saturated rings. The van der Waals surface area contributed by atoms with Crippen molar-refractivity contribution in [1.82, 2.24) is 15.1 Å². The Kier molecular flexibility index (Phi) is 2.74. The van der Waals surface area contributed by atoms with E-state index in [4.69, 9.17) is 9.78 Å². The van der Waals surface area contributed by atoms with E-state index in [2.05, 4.69) is 31.1 Å². The lowest BCUT2D eigenvalue weighted by atomic mass is 10.3. The molecule has 0 bridgehead atoms. The third kappa shape index (κ3) is 2.19. The molecule has 2 heterocycles.